The van der Waals surface area contributed by atoms with E-state index in [2.05, 4.69) is 0 Å². The molecule has 5 heteroatoms. The lowest BCUT2D eigenvalue weighted by Gasteiger charge is -2.18. The van der Waals surface area contributed by atoms with Crippen LogP contribution in [0.1, 0.15) is 49.7 Å². The third-order valence-electron chi connectivity index (χ3n) is 4.04. The molecule has 0 saturated carbocycles. The van der Waals surface area contributed by atoms with Gasteiger partial charge in [-0.25, -0.2) is 4.79 Å². The molecule has 2 aliphatic rings. The molecule has 0 unspecified atom stereocenters. The van der Waals surface area contributed by atoms with Crippen LogP contribution in [0, 0.1) is 6.92 Å². The molecule has 0 fully saturated rings. The highest BCUT2D eigenvalue weighted by Crippen LogP contribution is 2.37. The molecule has 2 atom stereocenters. The van der Waals surface area contributed by atoms with Crippen molar-refractivity contribution in [3.05, 3.63) is 40.4 Å². The van der Waals surface area contributed by atoms with E-state index in [0.717, 1.165) is 16.7 Å². The number of hydrogen-bond acceptors (Lipinski definition) is 5. The third-order valence-corrected chi connectivity index (χ3v) is 4.04. The number of carbonyl (C=O) groups excluding carboxylic acids is 2. The number of ether oxygens (including phenoxy) is 2. The van der Waals surface area contributed by atoms with Crippen LogP contribution in [0.15, 0.2) is 27.9 Å². The summed E-state index contributed by atoms with van der Waals surface area (Å²) in [5, 5.41) is 0. The van der Waals surface area contributed by atoms with Crippen molar-refractivity contribution in [2.75, 3.05) is 0 Å². The van der Waals surface area contributed by atoms with E-state index in [4.69, 9.17) is 13.9 Å². The zero-order chi connectivity index (χ0) is 15.9. The first kappa shape index (κ1) is 14.6. The highest BCUT2D eigenvalue weighted by atomic mass is 16.6. The molecule has 2 heterocycles. The zero-order valence-electron chi connectivity index (χ0n) is 12.8. The van der Waals surface area contributed by atoms with E-state index in [9.17, 15) is 9.59 Å². The van der Waals surface area contributed by atoms with Gasteiger partial charge in [-0.1, -0.05) is 0 Å². The minimum Gasteiger partial charge on any atom is -0.464 e. The van der Waals surface area contributed by atoms with E-state index in [1.807, 2.05) is 26.0 Å². The second-order valence-corrected chi connectivity index (χ2v) is 5.74. The summed E-state index contributed by atoms with van der Waals surface area (Å²) >= 11 is 0. The predicted molar refractivity (Wildman–Crippen MR) is 78.8 cm³/mol. The lowest BCUT2D eigenvalue weighted by molar-refractivity contribution is -0.144. The normalized spacial score (nSPS) is 24.0. The second-order valence-electron chi connectivity index (χ2n) is 5.74. The summed E-state index contributed by atoms with van der Waals surface area (Å²) in [6.45, 7) is 5.20. The number of aryl methyl sites for hydroxylation is 1. The number of fused-ring (bicyclic) bond motifs is 3. The lowest BCUT2D eigenvalue weighted by Crippen LogP contribution is -2.18. The van der Waals surface area contributed by atoms with Crippen LogP contribution >= 0.6 is 0 Å². The topological polar surface area (TPSA) is 65.7 Å². The fourth-order valence-electron chi connectivity index (χ4n) is 2.92. The fraction of sp³-hybridized carbons (Fsp3) is 0.412. The van der Waals surface area contributed by atoms with Crippen LogP contribution < -0.4 is 0 Å². The first-order valence-electron chi connectivity index (χ1n) is 7.30. The van der Waals surface area contributed by atoms with E-state index in [-0.39, 0.29) is 18.0 Å². The van der Waals surface area contributed by atoms with E-state index in [1.165, 1.54) is 6.92 Å². The standard InChI is InChI=1S/C17H18O5/c1-9-6-14-16(10(2)8-20-14)15-7-12(17(19)22-15)4-5-13(9)21-11(3)18/h6-8,13,15H,4-5H2,1-3H3/t13-,15-/m1/s1. The molecule has 0 spiro atoms. The molecule has 0 amide bonds. The van der Waals surface area contributed by atoms with E-state index in [1.54, 1.807) is 6.26 Å². The Bertz CT molecular complexity index is 692. The Morgan fingerprint density at radius 2 is 2.14 bits per heavy atom. The summed E-state index contributed by atoms with van der Waals surface area (Å²) in [6.07, 6.45) is 5.64. The molecule has 1 aliphatic heterocycles. The van der Waals surface area contributed by atoms with Gasteiger partial charge < -0.3 is 13.9 Å². The first-order valence-corrected chi connectivity index (χ1v) is 7.30. The van der Waals surface area contributed by atoms with Gasteiger partial charge in [0.1, 0.15) is 11.9 Å². The van der Waals surface area contributed by atoms with Crippen LogP contribution in [0.4, 0.5) is 0 Å². The molecular weight excluding hydrogens is 284 g/mol. The van der Waals surface area contributed by atoms with Gasteiger partial charge in [-0.3, -0.25) is 4.79 Å². The fourth-order valence-corrected chi connectivity index (χ4v) is 2.92. The summed E-state index contributed by atoms with van der Waals surface area (Å²) < 4.78 is 16.4. The molecule has 22 heavy (non-hydrogen) atoms. The number of rotatable bonds is 1. The Kier molecular flexibility index (Phi) is 3.64. The Hall–Kier alpha value is -2.30. The molecule has 116 valence electrons. The molecule has 1 aromatic heterocycles. The van der Waals surface area contributed by atoms with Crippen molar-refractivity contribution in [3.63, 3.8) is 0 Å². The molecule has 0 radical (unpaired) electrons. The van der Waals surface area contributed by atoms with Crippen molar-refractivity contribution < 1.29 is 23.5 Å². The Balaban J connectivity index is 2.06. The number of carbonyl (C=O) groups is 2. The minimum atomic E-state index is -0.398. The van der Waals surface area contributed by atoms with Crippen LogP contribution in [0.25, 0.3) is 6.08 Å². The molecule has 0 N–H and O–H groups in total. The van der Waals surface area contributed by atoms with E-state index >= 15 is 0 Å². The molecule has 5 nitrogen and oxygen atoms in total. The largest absolute Gasteiger partial charge is 0.464 e. The first-order chi connectivity index (χ1) is 10.5. The molecule has 3 rings (SSSR count). The van der Waals surface area contributed by atoms with Crippen molar-refractivity contribution in [3.8, 4) is 0 Å². The summed E-state index contributed by atoms with van der Waals surface area (Å²) in [5.41, 5.74) is 3.30. The molecule has 0 saturated heterocycles. The summed E-state index contributed by atoms with van der Waals surface area (Å²) in [5.74, 6) is -0.00598. The maximum absolute atomic E-state index is 12.0. The van der Waals surface area contributed by atoms with Crippen molar-refractivity contribution in [1.82, 2.24) is 0 Å². The Morgan fingerprint density at radius 1 is 1.36 bits per heavy atom. The quantitative estimate of drug-likeness (QED) is 0.745. The lowest BCUT2D eigenvalue weighted by atomic mass is 9.96. The van der Waals surface area contributed by atoms with Crippen LogP contribution in [0.3, 0.4) is 0 Å². The van der Waals surface area contributed by atoms with E-state index in [0.29, 0.717) is 24.2 Å². The SMILES string of the molecule is CC(=O)O[C@@H]1CCC2=C[C@@H](OC2=O)c2c(C)coc2C=C1C. The van der Waals surface area contributed by atoms with Crippen LogP contribution in [-0.2, 0) is 19.1 Å². The van der Waals surface area contributed by atoms with Gasteiger partial charge >= 0.3 is 11.9 Å². The van der Waals surface area contributed by atoms with Crippen molar-refractivity contribution in [2.24, 2.45) is 0 Å². The molecule has 1 aliphatic carbocycles. The number of furan rings is 1. The Morgan fingerprint density at radius 3 is 2.86 bits per heavy atom. The van der Waals surface area contributed by atoms with Gasteiger partial charge in [-0.15, -0.1) is 0 Å². The number of hydrogen-bond donors (Lipinski definition) is 0. The molecule has 0 aromatic carbocycles. The smallest absolute Gasteiger partial charge is 0.334 e. The highest BCUT2D eigenvalue weighted by molar-refractivity contribution is 5.91. The third kappa shape index (κ3) is 2.58. The van der Waals surface area contributed by atoms with Gasteiger partial charge in [0.05, 0.1) is 6.26 Å². The number of esters is 2. The average molecular weight is 302 g/mol. The van der Waals surface area contributed by atoms with Gasteiger partial charge in [0, 0.05) is 18.1 Å². The summed E-state index contributed by atoms with van der Waals surface area (Å²) in [7, 11) is 0. The maximum atomic E-state index is 12.0. The molecule has 1 aromatic rings. The maximum Gasteiger partial charge on any atom is 0.334 e. The molecular formula is C17H18O5. The van der Waals surface area contributed by atoms with Gasteiger partial charge in [-0.2, -0.15) is 0 Å². The Labute approximate surface area is 128 Å². The predicted octanol–water partition coefficient (Wildman–Crippen LogP) is 3.24. The van der Waals surface area contributed by atoms with Gasteiger partial charge in [0.25, 0.3) is 0 Å². The van der Waals surface area contributed by atoms with Crippen molar-refractivity contribution in [1.29, 1.82) is 0 Å². The second kappa shape index (κ2) is 5.48. The average Bonchev–Trinajstić information content (AvgIpc) is 2.97. The van der Waals surface area contributed by atoms with E-state index < -0.39 is 6.10 Å². The van der Waals surface area contributed by atoms with Crippen LogP contribution in [-0.4, -0.2) is 18.0 Å². The van der Waals surface area contributed by atoms with Gasteiger partial charge in [0.2, 0.25) is 0 Å². The van der Waals surface area contributed by atoms with Crippen molar-refractivity contribution >= 4 is 18.0 Å². The molecule has 2 bridgehead atoms. The monoisotopic (exact) mass is 302 g/mol. The minimum absolute atomic E-state index is 0.308. The van der Waals surface area contributed by atoms with Crippen molar-refractivity contribution in [2.45, 2.75) is 45.8 Å². The van der Waals surface area contributed by atoms with Crippen LogP contribution in [0.5, 0.6) is 0 Å². The van der Waals surface area contributed by atoms with Gasteiger partial charge in [0.15, 0.2) is 6.10 Å². The summed E-state index contributed by atoms with van der Waals surface area (Å²) in [6, 6.07) is 0. The highest BCUT2D eigenvalue weighted by Gasteiger charge is 2.32. The summed E-state index contributed by atoms with van der Waals surface area (Å²) in [4.78, 5) is 23.3. The zero-order valence-corrected chi connectivity index (χ0v) is 12.8. The van der Waals surface area contributed by atoms with Gasteiger partial charge in [-0.05, 0) is 50.0 Å². The van der Waals surface area contributed by atoms with Crippen LogP contribution in [0.2, 0.25) is 0 Å².